The molecule has 0 saturated carbocycles. The Morgan fingerprint density at radius 3 is 1.27 bits per heavy atom. The second-order valence-corrected chi connectivity index (χ2v) is 16.8. The maximum atomic E-state index is 2.39. The summed E-state index contributed by atoms with van der Waals surface area (Å²) in [6.45, 7) is 0. The Balaban J connectivity index is 1.21. The van der Waals surface area contributed by atoms with Crippen LogP contribution >= 0.6 is 21.4 Å². The molecule has 0 aliphatic heterocycles. The molecule has 0 spiro atoms. The summed E-state index contributed by atoms with van der Waals surface area (Å²) in [5.74, 6) is 0. The largest absolute Gasteiger partial charge is 0.310 e. The fourth-order valence-electron chi connectivity index (χ4n) is 7.23. The van der Waals surface area contributed by atoms with E-state index in [4.69, 9.17) is 0 Å². The molecule has 244 valence electrons. The number of benzene rings is 8. The van der Waals surface area contributed by atoms with E-state index < -0.39 is 10.0 Å². The van der Waals surface area contributed by atoms with Gasteiger partial charge in [-0.25, -0.2) is 0 Å². The van der Waals surface area contributed by atoms with Crippen molar-refractivity contribution in [3.05, 3.63) is 212 Å². The Hall–Kier alpha value is -5.87. The van der Waals surface area contributed by atoms with Crippen molar-refractivity contribution >= 4 is 58.6 Å². The van der Waals surface area contributed by atoms with Crippen molar-refractivity contribution in [2.45, 2.75) is 19.6 Å². The SMILES string of the molecule is c1ccc(-c2ccc3sc4ccc(N(c5ccccc5)c5ccc(S(c6ccccc6)(c6ccccc6)c6ccccc6)cc5)cc4c3c2)cc1. The first-order chi connectivity index (χ1) is 25.3. The first kappa shape index (κ1) is 31.1. The van der Waals surface area contributed by atoms with E-state index in [-0.39, 0.29) is 0 Å². The molecule has 3 heteroatoms. The van der Waals surface area contributed by atoms with Crippen LogP contribution in [-0.4, -0.2) is 0 Å². The molecule has 0 amide bonds. The first-order valence-electron chi connectivity index (χ1n) is 17.2. The van der Waals surface area contributed by atoms with Crippen LogP contribution in [0.5, 0.6) is 0 Å². The molecule has 0 unspecified atom stereocenters. The van der Waals surface area contributed by atoms with Crippen LogP contribution in [0.4, 0.5) is 17.1 Å². The van der Waals surface area contributed by atoms with E-state index in [0.717, 1.165) is 17.1 Å². The summed E-state index contributed by atoms with van der Waals surface area (Å²) in [5.41, 5.74) is 5.86. The average Bonchev–Trinajstić information content (AvgIpc) is 3.58. The Kier molecular flexibility index (Phi) is 8.21. The lowest BCUT2D eigenvalue weighted by atomic mass is 10.0. The number of para-hydroxylation sites is 1. The highest BCUT2D eigenvalue weighted by atomic mass is 32.3. The molecule has 9 aromatic rings. The van der Waals surface area contributed by atoms with E-state index in [9.17, 15) is 0 Å². The normalized spacial score (nSPS) is 11.8. The molecule has 0 aliphatic carbocycles. The van der Waals surface area contributed by atoms with Crippen molar-refractivity contribution < 1.29 is 0 Å². The van der Waals surface area contributed by atoms with Gasteiger partial charge in [-0.2, -0.15) is 0 Å². The van der Waals surface area contributed by atoms with Gasteiger partial charge in [0.2, 0.25) is 0 Å². The minimum atomic E-state index is -1.77. The molecule has 0 saturated heterocycles. The Morgan fingerprint density at radius 2 is 0.725 bits per heavy atom. The lowest BCUT2D eigenvalue weighted by Crippen LogP contribution is -2.10. The summed E-state index contributed by atoms with van der Waals surface area (Å²) < 4.78 is 2.60. The lowest BCUT2D eigenvalue weighted by molar-refractivity contribution is 1.23. The molecule has 9 rings (SSSR count). The maximum absolute atomic E-state index is 2.39. The highest BCUT2D eigenvalue weighted by Gasteiger charge is 2.33. The highest BCUT2D eigenvalue weighted by Crippen LogP contribution is 2.73. The van der Waals surface area contributed by atoms with E-state index in [1.807, 2.05) is 11.3 Å². The molecule has 0 radical (unpaired) electrons. The number of hydrogen-bond donors (Lipinski definition) is 0. The minimum absolute atomic E-state index is 1.12. The van der Waals surface area contributed by atoms with Crippen LogP contribution in [0.15, 0.2) is 232 Å². The molecule has 0 aliphatic rings. The molecule has 0 atom stereocenters. The number of nitrogens with zero attached hydrogens (tertiary/aromatic N) is 1. The summed E-state index contributed by atoms with van der Waals surface area (Å²) in [4.78, 5) is 7.65. The molecule has 0 bridgehead atoms. The summed E-state index contributed by atoms with van der Waals surface area (Å²) in [5, 5.41) is 2.58. The Morgan fingerprint density at radius 1 is 0.314 bits per heavy atom. The van der Waals surface area contributed by atoms with Crippen LogP contribution in [0.3, 0.4) is 0 Å². The summed E-state index contributed by atoms with van der Waals surface area (Å²) in [7, 11) is -1.77. The topological polar surface area (TPSA) is 3.24 Å². The second-order valence-electron chi connectivity index (χ2n) is 12.6. The van der Waals surface area contributed by atoms with Gasteiger partial charge in [0.05, 0.1) is 0 Å². The monoisotopic (exact) mass is 689 g/mol. The van der Waals surface area contributed by atoms with Gasteiger partial charge in [-0.3, -0.25) is 0 Å². The second kappa shape index (κ2) is 13.4. The predicted octanol–water partition coefficient (Wildman–Crippen LogP) is 14.5. The third-order valence-corrected chi connectivity index (χ3v) is 14.6. The van der Waals surface area contributed by atoms with E-state index >= 15 is 0 Å². The van der Waals surface area contributed by atoms with Gasteiger partial charge < -0.3 is 4.90 Å². The van der Waals surface area contributed by atoms with Crippen molar-refractivity contribution in [3.63, 3.8) is 0 Å². The minimum Gasteiger partial charge on any atom is -0.310 e. The van der Waals surface area contributed by atoms with Crippen LogP contribution < -0.4 is 4.90 Å². The average molecular weight is 690 g/mol. The van der Waals surface area contributed by atoms with Crippen molar-refractivity contribution in [2.24, 2.45) is 0 Å². The fourth-order valence-corrected chi connectivity index (χ4v) is 12.2. The Labute approximate surface area is 305 Å². The van der Waals surface area contributed by atoms with Gasteiger partial charge >= 0.3 is 0 Å². The molecule has 8 aromatic carbocycles. The van der Waals surface area contributed by atoms with Gasteiger partial charge in [0.15, 0.2) is 0 Å². The number of fused-ring (bicyclic) bond motifs is 3. The third kappa shape index (κ3) is 5.61. The molecule has 1 aromatic heterocycles. The molecular formula is C48H35NS2. The third-order valence-electron chi connectivity index (χ3n) is 9.57. The molecule has 1 heterocycles. The summed E-state index contributed by atoms with van der Waals surface area (Å²) in [6, 6.07) is 77.6. The molecule has 1 nitrogen and oxygen atoms in total. The van der Waals surface area contributed by atoms with Crippen molar-refractivity contribution in [1.29, 1.82) is 0 Å². The zero-order valence-electron chi connectivity index (χ0n) is 28.0. The van der Waals surface area contributed by atoms with Crippen LogP contribution in [0, 0.1) is 0 Å². The zero-order chi connectivity index (χ0) is 34.0. The first-order valence-corrected chi connectivity index (χ1v) is 19.7. The number of thiophene rings is 1. The van der Waals surface area contributed by atoms with Crippen LogP contribution in [-0.2, 0) is 0 Å². The van der Waals surface area contributed by atoms with Gasteiger partial charge in [0.1, 0.15) is 0 Å². The van der Waals surface area contributed by atoms with Crippen LogP contribution in [0.2, 0.25) is 0 Å². The lowest BCUT2D eigenvalue weighted by Gasteiger charge is -2.42. The Bertz CT molecular complexity index is 2450. The quantitative estimate of drug-likeness (QED) is 0.153. The van der Waals surface area contributed by atoms with E-state index in [1.54, 1.807) is 0 Å². The molecule has 0 N–H and O–H groups in total. The van der Waals surface area contributed by atoms with Gasteiger partial charge in [-0.1, -0.05) is 109 Å². The number of rotatable bonds is 8. The van der Waals surface area contributed by atoms with Gasteiger partial charge in [0.25, 0.3) is 0 Å². The number of anilines is 3. The maximum Gasteiger partial charge on any atom is 0.0468 e. The zero-order valence-corrected chi connectivity index (χ0v) is 29.6. The van der Waals surface area contributed by atoms with Crippen molar-refractivity contribution in [1.82, 2.24) is 0 Å². The van der Waals surface area contributed by atoms with Crippen LogP contribution in [0.25, 0.3) is 31.3 Å². The van der Waals surface area contributed by atoms with E-state index in [2.05, 4.69) is 217 Å². The smallest absolute Gasteiger partial charge is 0.0468 e. The van der Waals surface area contributed by atoms with Gasteiger partial charge in [-0.15, -0.1) is 21.4 Å². The molecule has 51 heavy (non-hydrogen) atoms. The highest BCUT2D eigenvalue weighted by molar-refractivity contribution is 8.34. The van der Waals surface area contributed by atoms with Gasteiger partial charge in [-0.05, 0) is 114 Å². The fraction of sp³-hybridized carbons (Fsp3) is 0. The predicted molar refractivity (Wildman–Crippen MR) is 219 cm³/mol. The summed E-state index contributed by atoms with van der Waals surface area (Å²) in [6.07, 6.45) is 0. The van der Waals surface area contributed by atoms with Crippen LogP contribution in [0.1, 0.15) is 0 Å². The number of hydrogen-bond acceptors (Lipinski definition) is 2. The standard InChI is InChI=1S/C48H35NS2/c1-6-16-36(17-7-1)37-26-32-47-45(34-37)46-35-40(29-33-48(46)50-47)49(38-18-8-2-9-19-38)39-27-30-44(31-28-39)51(41-20-10-3-11-21-41,42-22-12-4-13-23-42)43-24-14-5-15-25-43/h1-35H. The molecule has 0 fully saturated rings. The summed E-state index contributed by atoms with van der Waals surface area (Å²) >= 11 is 1.86. The van der Waals surface area contributed by atoms with Gasteiger partial charge in [0, 0.05) is 56.8 Å². The van der Waals surface area contributed by atoms with Crippen molar-refractivity contribution in [3.8, 4) is 11.1 Å². The van der Waals surface area contributed by atoms with E-state index in [1.165, 1.54) is 50.9 Å². The van der Waals surface area contributed by atoms with Crippen molar-refractivity contribution in [2.75, 3.05) is 4.90 Å². The van der Waals surface area contributed by atoms with E-state index in [0.29, 0.717) is 0 Å². The molecular weight excluding hydrogens is 655 g/mol.